The highest BCUT2D eigenvalue weighted by atomic mass is 32.2. The van der Waals surface area contributed by atoms with Crippen molar-refractivity contribution in [2.45, 2.75) is 31.6 Å². The maximum Gasteiger partial charge on any atom is 0.187 e. The summed E-state index contributed by atoms with van der Waals surface area (Å²) in [6.07, 6.45) is 3.85. The highest BCUT2D eigenvalue weighted by molar-refractivity contribution is 8.00. The van der Waals surface area contributed by atoms with E-state index in [1.165, 1.54) is 12.3 Å². The zero-order valence-electron chi connectivity index (χ0n) is 14.1. The summed E-state index contributed by atoms with van der Waals surface area (Å²) in [7, 11) is 0. The molecule has 0 radical (unpaired) electrons. The van der Waals surface area contributed by atoms with Gasteiger partial charge in [0.15, 0.2) is 5.78 Å². The van der Waals surface area contributed by atoms with E-state index in [9.17, 15) is 9.18 Å². The van der Waals surface area contributed by atoms with Crippen LogP contribution in [0.1, 0.15) is 40.7 Å². The molecule has 0 saturated carbocycles. The number of Topliss-reactive ketones (excluding diaryl/α,β-unsaturated/α-hetero) is 1. The number of aryl methyl sites for hydroxylation is 1. The minimum Gasteiger partial charge on any atom is -0.387 e. The second-order valence-corrected chi connectivity index (χ2v) is 7.63. The van der Waals surface area contributed by atoms with Crippen LogP contribution < -0.4 is 5.73 Å². The van der Waals surface area contributed by atoms with Crippen molar-refractivity contribution in [1.82, 2.24) is 9.97 Å². The van der Waals surface area contributed by atoms with Crippen molar-refractivity contribution in [3.05, 3.63) is 58.9 Å². The summed E-state index contributed by atoms with van der Waals surface area (Å²) in [5.74, 6) is 0.805. The molecular formula is C18H19FN4OS. The monoisotopic (exact) mass is 358 g/mol. The molecule has 0 bridgehead atoms. The molecule has 0 fully saturated rings. The number of hydrogen-bond donors (Lipinski definition) is 1. The number of nitrogens with two attached hydrogens (primary N) is 1. The zero-order chi connectivity index (χ0) is 18.0. The van der Waals surface area contributed by atoms with E-state index in [1.54, 1.807) is 30.1 Å². The molecule has 0 saturated heterocycles. The van der Waals surface area contributed by atoms with E-state index in [2.05, 4.69) is 15.0 Å². The summed E-state index contributed by atoms with van der Waals surface area (Å²) in [6.45, 7) is 3.65. The van der Waals surface area contributed by atoms with Crippen molar-refractivity contribution in [1.29, 1.82) is 0 Å². The zero-order valence-corrected chi connectivity index (χ0v) is 14.9. The summed E-state index contributed by atoms with van der Waals surface area (Å²) >= 11 is 1.55. The minimum atomic E-state index is -0.769. The van der Waals surface area contributed by atoms with Crippen LogP contribution in [0.5, 0.6) is 0 Å². The van der Waals surface area contributed by atoms with E-state index in [0.717, 1.165) is 11.4 Å². The van der Waals surface area contributed by atoms with Crippen LogP contribution in [0, 0.1) is 12.7 Å². The first-order chi connectivity index (χ1) is 11.9. The Morgan fingerprint density at radius 1 is 1.36 bits per heavy atom. The van der Waals surface area contributed by atoms with Crippen LogP contribution in [0.2, 0.25) is 0 Å². The lowest BCUT2D eigenvalue weighted by molar-refractivity contribution is 0.0987. The van der Waals surface area contributed by atoms with Crippen molar-refractivity contribution >= 4 is 23.4 Å². The van der Waals surface area contributed by atoms with Gasteiger partial charge >= 0.3 is 0 Å². The standard InChI is InChI=1S/C18H19FN4OS/c1-11-9-22-15(10-21-11)16(24)8-12-3-4-14(19)13(7-12)18(2)23-17(20)5-6-25-18/h3-4,7,9-10H,5-6,8H2,1-2H3,(H2,20,23). The lowest BCUT2D eigenvalue weighted by Crippen LogP contribution is -2.28. The molecule has 1 aromatic carbocycles. The highest BCUT2D eigenvalue weighted by Crippen LogP contribution is 2.42. The maximum absolute atomic E-state index is 14.4. The molecule has 1 aromatic heterocycles. The van der Waals surface area contributed by atoms with E-state index in [-0.39, 0.29) is 18.0 Å². The summed E-state index contributed by atoms with van der Waals surface area (Å²) in [6, 6.07) is 4.69. The second kappa shape index (κ2) is 6.92. The van der Waals surface area contributed by atoms with Gasteiger partial charge in [-0.15, -0.1) is 11.8 Å². The van der Waals surface area contributed by atoms with Gasteiger partial charge in [-0.25, -0.2) is 9.37 Å². The fraction of sp³-hybridized carbons (Fsp3) is 0.333. The Morgan fingerprint density at radius 2 is 2.16 bits per heavy atom. The van der Waals surface area contributed by atoms with Crippen LogP contribution in [0.4, 0.5) is 4.39 Å². The number of amidine groups is 1. The number of rotatable bonds is 4. The minimum absolute atomic E-state index is 0.130. The van der Waals surface area contributed by atoms with E-state index in [0.29, 0.717) is 29.1 Å². The molecule has 1 aliphatic rings. The molecule has 5 nitrogen and oxygen atoms in total. The van der Waals surface area contributed by atoms with Gasteiger partial charge in [0.2, 0.25) is 0 Å². The van der Waals surface area contributed by atoms with Crippen molar-refractivity contribution in [2.75, 3.05) is 5.75 Å². The predicted octanol–water partition coefficient (Wildman–Crippen LogP) is 3.02. The molecule has 0 aliphatic carbocycles. The number of halogens is 1. The Labute approximate surface area is 150 Å². The first-order valence-electron chi connectivity index (χ1n) is 7.96. The number of hydrogen-bond acceptors (Lipinski definition) is 6. The van der Waals surface area contributed by atoms with Gasteiger partial charge < -0.3 is 5.73 Å². The summed E-state index contributed by atoms with van der Waals surface area (Å²) in [4.78, 5) is 24.2. The fourth-order valence-corrected chi connectivity index (χ4v) is 3.91. The molecule has 0 spiro atoms. The van der Waals surface area contributed by atoms with Crippen molar-refractivity contribution in [2.24, 2.45) is 10.7 Å². The van der Waals surface area contributed by atoms with E-state index in [4.69, 9.17) is 5.73 Å². The Hall–Kier alpha value is -2.28. The van der Waals surface area contributed by atoms with Crippen LogP contribution in [-0.4, -0.2) is 27.3 Å². The number of aliphatic imine (C=N–C) groups is 1. The van der Waals surface area contributed by atoms with Crippen LogP contribution in [0.15, 0.2) is 35.6 Å². The molecule has 2 aromatic rings. The molecular weight excluding hydrogens is 339 g/mol. The smallest absolute Gasteiger partial charge is 0.187 e. The average Bonchev–Trinajstić information content (AvgIpc) is 2.57. The Balaban J connectivity index is 1.88. The number of carbonyl (C=O) groups excluding carboxylic acids is 1. The average molecular weight is 358 g/mol. The van der Waals surface area contributed by atoms with Gasteiger partial charge in [-0.05, 0) is 31.5 Å². The molecule has 2 heterocycles. The molecule has 2 N–H and O–H groups in total. The number of nitrogens with zero attached hydrogens (tertiary/aromatic N) is 3. The topological polar surface area (TPSA) is 81.2 Å². The first kappa shape index (κ1) is 17.5. The van der Waals surface area contributed by atoms with E-state index in [1.807, 2.05) is 13.8 Å². The third-order valence-corrected chi connectivity index (χ3v) is 5.34. The summed E-state index contributed by atoms with van der Waals surface area (Å²) in [5.41, 5.74) is 8.06. The normalized spacial score (nSPS) is 20.2. The van der Waals surface area contributed by atoms with Gasteiger partial charge in [0.25, 0.3) is 0 Å². The molecule has 1 atom stereocenters. The number of benzene rings is 1. The molecule has 7 heteroatoms. The summed E-state index contributed by atoms with van der Waals surface area (Å²) < 4.78 is 14.4. The predicted molar refractivity (Wildman–Crippen MR) is 97.3 cm³/mol. The number of carbonyl (C=O) groups is 1. The second-order valence-electron chi connectivity index (χ2n) is 6.14. The lowest BCUT2D eigenvalue weighted by Gasteiger charge is -2.30. The van der Waals surface area contributed by atoms with E-state index < -0.39 is 4.87 Å². The third kappa shape index (κ3) is 3.87. The molecule has 1 aliphatic heterocycles. The highest BCUT2D eigenvalue weighted by Gasteiger charge is 2.32. The molecule has 0 amide bonds. The van der Waals surface area contributed by atoms with Crippen LogP contribution in [0.25, 0.3) is 0 Å². The number of aromatic nitrogens is 2. The van der Waals surface area contributed by atoms with Crippen molar-refractivity contribution in [3.63, 3.8) is 0 Å². The van der Waals surface area contributed by atoms with Gasteiger partial charge in [-0.1, -0.05) is 6.07 Å². The Kier molecular flexibility index (Phi) is 4.85. The van der Waals surface area contributed by atoms with Gasteiger partial charge in [0.1, 0.15) is 16.4 Å². The van der Waals surface area contributed by atoms with E-state index >= 15 is 0 Å². The number of thioether (sulfide) groups is 1. The van der Waals surface area contributed by atoms with Gasteiger partial charge in [-0.2, -0.15) is 0 Å². The molecule has 25 heavy (non-hydrogen) atoms. The van der Waals surface area contributed by atoms with Gasteiger partial charge in [-0.3, -0.25) is 14.8 Å². The van der Waals surface area contributed by atoms with Crippen molar-refractivity contribution in [3.8, 4) is 0 Å². The molecule has 3 rings (SSSR count). The van der Waals surface area contributed by atoms with Crippen LogP contribution in [-0.2, 0) is 11.3 Å². The lowest BCUT2D eigenvalue weighted by atomic mass is 10.00. The SMILES string of the molecule is Cc1cnc(C(=O)Cc2ccc(F)c(C3(C)N=C(N)CCS3)c2)cn1. The fourth-order valence-electron chi connectivity index (χ4n) is 2.70. The van der Waals surface area contributed by atoms with Gasteiger partial charge in [0.05, 0.1) is 17.7 Å². The molecule has 1 unspecified atom stereocenters. The Morgan fingerprint density at radius 3 is 2.84 bits per heavy atom. The molecule has 130 valence electrons. The first-order valence-corrected chi connectivity index (χ1v) is 8.95. The quantitative estimate of drug-likeness (QED) is 0.850. The van der Waals surface area contributed by atoms with Gasteiger partial charge in [0, 0.05) is 30.4 Å². The summed E-state index contributed by atoms with van der Waals surface area (Å²) in [5, 5.41) is 0. The van der Waals surface area contributed by atoms with Crippen molar-refractivity contribution < 1.29 is 9.18 Å². The third-order valence-electron chi connectivity index (χ3n) is 4.06. The largest absolute Gasteiger partial charge is 0.387 e. The Bertz CT molecular complexity index is 837. The number of ketones is 1. The van der Waals surface area contributed by atoms with Crippen LogP contribution in [0.3, 0.4) is 0 Å². The van der Waals surface area contributed by atoms with Crippen LogP contribution >= 0.6 is 11.8 Å². The maximum atomic E-state index is 14.4.